The number of nitrogens with zero attached hydrogens (tertiary/aromatic N) is 3. The van der Waals surface area contributed by atoms with Crippen LogP contribution in [0, 0.1) is 28.6 Å². The molecular weight excluding hydrogens is 484 g/mol. The fourth-order valence-electron chi connectivity index (χ4n) is 8.73. The van der Waals surface area contributed by atoms with Gasteiger partial charge in [0.2, 0.25) is 0 Å². The van der Waals surface area contributed by atoms with E-state index in [1.54, 1.807) is 5.01 Å². The number of hydrazone groups is 1. The second kappa shape index (κ2) is 10.3. The zero-order chi connectivity index (χ0) is 27.3. The Morgan fingerprint density at radius 2 is 2.08 bits per heavy atom. The largest absolute Gasteiger partial charge is 0.395 e. The third-order valence-corrected chi connectivity index (χ3v) is 10.1. The molecule has 0 aromatic carbocycles. The molecule has 0 aromatic heterocycles. The molecule has 0 aromatic rings. The van der Waals surface area contributed by atoms with Gasteiger partial charge in [-0.05, 0) is 76.0 Å². The predicted molar refractivity (Wildman–Crippen MR) is 146 cm³/mol. The number of allylic oxidation sites excluding steroid dienone is 4. The number of unbranched alkanes of at least 4 members (excludes halogenated alkanes) is 1. The minimum atomic E-state index is -0.859. The van der Waals surface area contributed by atoms with Crippen LogP contribution in [-0.2, 0) is 14.3 Å². The van der Waals surface area contributed by atoms with Gasteiger partial charge in [0.15, 0.2) is 6.29 Å². The molecule has 38 heavy (non-hydrogen) atoms. The topological polar surface area (TPSA) is 122 Å². The van der Waals surface area contributed by atoms with Gasteiger partial charge in [-0.25, -0.2) is 0 Å². The molecule has 1 saturated heterocycles. The molecule has 4 N–H and O–H groups in total. The number of hydrogen-bond acceptors (Lipinski definition) is 9. The first-order valence-electron chi connectivity index (χ1n) is 14.3. The van der Waals surface area contributed by atoms with Crippen LogP contribution in [0.15, 0.2) is 34.1 Å². The monoisotopic (exact) mass is 530 g/mol. The molecule has 1 unspecified atom stereocenters. The van der Waals surface area contributed by atoms with Crippen LogP contribution in [-0.4, -0.2) is 84.6 Å². The van der Waals surface area contributed by atoms with Crippen molar-refractivity contribution >= 4 is 11.4 Å². The molecule has 1 aliphatic heterocycles. The molecule has 4 fully saturated rings. The van der Waals surface area contributed by atoms with Crippen LogP contribution >= 0.6 is 0 Å². The minimum Gasteiger partial charge on any atom is -0.395 e. The summed E-state index contributed by atoms with van der Waals surface area (Å²) in [4.78, 5) is 5.53. The van der Waals surface area contributed by atoms with Crippen molar-refractivity contribution in [3.63, 3.8) is 0 Å². The van der Waals surface area contributed by atoms with Crippen molar-refractivity contribution in [3.8, 4) is 0 Å². The Kier molecular flexibility index (Phi) is 7.54. The SMILES string of the molecule is CC1O[C@@H]2C[C@H]3[C@@H]4CCC5=C/C(=N/OCCCCN)C=C[C@]5(C)[C@H]4[C@@H](O)C[C@]3(C)[C@]2(C(CO)=NN(C)C)O1. The number of hydrogen-bond donors (Lipinski definition) is 3. The van der Waals surface area contributed by atoms with Gasteiger partial charge in [0.05, 0.1) is 24.5 Å². The zero-order valence-corrected chi connectivity index (χ0v) is 23.6. The van der Waals surface area contributed by atoms with Gasteiger partial charge in [0.25, 0.3) is 0 Å². The standard InChI is InChI=1S/C29H46N4O5/c1-18-37-25-15-22-21-9-8-19-14-20(32-36-13-7-6-12-30)10-11-27(19,2)26(21)23(35)16-28(22,3)29(25,38-18)24(17-34)31-33(4)5/h10-11,14,18,21-23,25-26,34-35H,6-9,12-13,15-17,30H2,1-5H3/b31-24?,32-20+/t18?,21-,22-,23-,25+,26+,27-,28-,29+/m0/s1. The van der Waals surface area contributed by atoms with E-state index in [1.807, 2.05) is 27.1 Å². The van der Waals surface area contributed by atoms with Gasteiger partial charge >= 0.3 is 0 Å². The van der Waals surface area contributed by atoms with E-state index in [2.05, 4.69) is 31.2 Å². The summed E-state index contributed by atoms with van der Waals surface area (Å²) in [6.45, 7) is 7.44. The molecular formula is C29H46N4O5. The van der Waals surface area contributed by atoms with Gasteiger partial charge in [-0.2, -0.15) is 5.10 Å². The lowest BCUT2D eigenvalue weighted by atomic mass is 9.46. The van der Waals surface area contributed by atoms with Crippen LogP contribution in [0.5, 0.6) is 0 Å². The lowest BCUT2D eigenvalue weighted by molar-refractivity contribution is -0.171. The maximum atomic E-state index is 11.9. The summed E-state index contributed by atoms with van der Waals surface area (Å²) >= 11 is 0. The smallest absolute Gasteiger partial charge is 0.156 e. The summed E-state index contributed by atoms with van der Waals surface area (Å²) in [5.41, 5.74) is 6.78. The Hall–Kier alpha value is -1.78. The van der Waals surface area contributed by atoms with Crippen LogP contribution in [0.3, 0.4) is 0 Å². The maximum Gasteiger partial charge on any atom is 0.156 e. The highest BCUT2D eigenvalue weighted by Gasteiger charge is 2.74. The first-order chi connectivity index (χ1) is 18.1. The van der Waals surface area contributed by atoms with Crippen LogP contribution in [0.25, 0.3) is 0 Å². The molecule has 9 heteroatoms. The molecule has 0 bridgehead atoms. The van der Waals surface area contributed by atoms with Gasteiger partial charge in [-0.3, -0.25) is 0 Å². The average molecular weight is 531 g/mol. The molecule has 0 amide bonds. The first kappa shape index (κ1) is 27.8. The summed E-state index contributed by atoms with van der Waals surface area (Å²) in [5, 5.41) is 33.2. The van der Waals surface area contributed by atoms with E-state index in [9.17, 15) is 10.2 Å². The average Bonchev–Trinajstić information content (AvgIpc) is 3.32. The van der Waals surface area contributed by atoms with E-state index < -0.39 is 17.1 Å². The quantitative estimate of drug-likeness (QED) is 0.251. The van der Waals surface area contributed by atoms with Crippen LogP contribution in [0.1, 0.15) is 59.3 Å². The molecule has 4 aliphatic carbocycles. The van der Waals surface area contributed by atoms with Crippen molar-refractivity contribution in [2.75, 3.05) is 33.9 Å². The number of aliphatic hydroxyl groups is 2. The van der Waals surface area contributed by atoms with Crippen LogP contribution in [0.2, 0.25) is 0 Å². The van der Waals surface area contributed by atoms with Gasteiger partial charge in [-0.1, -0.05) is 30.7 Å². The fraction of sp³-hybridized carbons (Fsp3) is 0.793. The summed E-state index contributed by atoms with van der Waals surface area (Å²) in [7, 11) is 3.71. The van der Waals surface area contributed by atoms with Crippen molar-refractivity contribution < 1.29 is 24.5 Å². The number of aliphatic hydroxyl groups excluding tert-OH is 2. The summed E-state index contributed by atoms with van der Waals surface area (Å²) in [6, 6.07) is 0. The molecule has 3 saturated carbocycles. The molecule has 9 nitrogen and oxygen atoms in total. The zero-order valence-electron chi connectivity index (χ0n) is 23.6. The minimum absolute atomic E-state index is 0.0838. The van der Waals surface area contributed by atoms with Crippen molar-refractivity contribution in [2.45, 2.75) is 83.4 Å². The van der Waals surface area contributed by atoms with Gasteiger partial charge in [-0.15, -0.1) is 0 Å². The third kappa shape index (κ3) is 4.17. The van der Waals surface area contributed by atoms with Crippen molar-refractivity contribution in [2.24, 2.45) is 44.6 Å². The molecule has 0 spiro atoms. The molecule has 0 radical (unpaired) electrons. The Morgan fingerprint density at radius 3 is 2.79 bits per heavy atom. The van der Waals surface area contributed by atoms with Crippen LogP contribution < -0.4 is 5.73 Å². The highest BCUT2D eigenvalue weighted by atomic mass is 16.7. The maximum absolute atomic E-state index is 11.9. The Morgan fingerprint density at radius 1 is 1.29 bits per heavy atom. The number of fused-ring (bicyclic) bond motifs is 7. The molecule has 9 atom stereocenters. The predicted octanol–water partition coefficient (Wildman–Crippen LogP) is 2.83. The van der Waals surface area contributed by atoms with E-state index in [0.29, 0.717) is 31.2 Å². The van der Waals surface area contributed by atoms with E-state index >= 15 is 0 Å². The molecule has 5 aliphatic rings. The van der Waals surface area contributed by atoms with Crippen molar-refractivity contribution in [3.05, 3.63) is 23.8 Å². The van der Waals surface area contributed by atoms with Gasteiger partial charge in [0, 0.05) is 30.8 Å². The Labute approximate surface area is 226 Å². The number of rotatable bonds is 8. The van der Waals surface area contributed by atoms with Crippen LogP contribution in [0.4, 0.5) is 0 Å². The lowest BCUT2D eigenvalue weighted by Gasteiger charge is -2.60. The third-order valence-electron chi connectivity index (χ3n) is 10.1. The van der Waals surface area contributed by atoms with Gasteiger partial charge < -0.3 is 35.3 Å². The van der Waals surface area contributed by atoms with E-state index in [1.165, 1.54) is 5.57 Å². The summed E-state index contributed by atoms with van der Waals surface area (Å²) in [6.07, 6.45) is 10.5. The molecule has 5 rings (SSSR count). The first-order valence-corrected chi connectivity index (χ1v) is 14.3. The highest BCUT2D eigenvalue weighted by molar-refractivity contribution is 6.05. The second-order valence-corrected chi connectivity index (χ2v) is 12.5. The van der Waals surface area contributed by atoms with E-state index in [4.69, 9.17) is 25.1 Å². The second-order valence-electron chi connectivity index (χ2n) is 12.5. The number of oxime groups is 1. The summed E-state index contributed by atoms with van der Waals surface area (Å²) in [5.74, 6) is 0.659. The summed E-state index contributed by atoms with van der Waals surface area (Å²) < 4.78 is 13.0. The fourth-order valence-corrected chi connectivity index (χ4v) is 8.73. The molecule has 212 valence electrons. The molecule has 1 heterocycles. The Balaban J connectivity index is 1.45. The van der Waals surface area contributed by atoms with Gasteiger partial charge in [0.1, 0.15) is 17.9 Å². The number of ether oxygens (including phenoxy) is 2. The van der Waals surface area contributed by atoms with Crippen molar-refractivity contribution in [1.82, 2.24) is 5.01 Å². The van der Waals surface area contributed by atoms with E-state index in [0.717, 1.165) is 37.8 Å². The Bertz CT molecular complexity index is 1030. The normalized spacial score (nSPS) is 44.8. The highest BCUT2D eigenvalue weighted by Crippen LogP contribution is 2.69. The van der Waals surface area contributed by atoms with E-state index in [-0.39, 0.29) is 36.3 Å². The number of nitrogens with two attached hydrogens (primary N) is 1. The van der Waals surface area contributed by atoms with Crippen molar-refractivity contribution in [1.29, 1.82) is 0 Å². The lowest BCUT2D eigenvalue weighted by Crippen LogP contribution is -2.63.